The number of hydrogen-bond donors (Lipinski definition) is 0. The van der Waals surface area contributed by atoms with E-state index in [0.717, 1.165) is 36.8 Å². The summed E-state index contributed by atoms with van der Waals surface area (Å²) in [6.07, 6.45) is 5.07. The summed E-state index contributed by atoms with van der Waals surface area (Å²) in [5, 5.41) is 0. The van der Waals surface area contributed by atoms with Crippen LogP contribution in [0.1, 0.15) is 42.5 Å². The van der Waals surface area contributed by atoms with E-state index in [2.05, 4.69) is 15.9 Å². The molecular formula is C15H19BrO3. The van der Waals surface area contributed by atoms with Gasteiger partial charge in [0.05, 0.1) is 13.2 Å². The van der Waals surface area contributed by atoms with Gasteiger partial charge in [0.2, 0.25) is 0 Å². The number of carbonyl (C=O) groups is 1. The van der Waals surface area contributed by atoms with Crippen molar-refractivity contribution in [2.24, 2.45) is 0 Å². The highest BCUT2D eigenvalue weighted by Crippen LogP contribution is 2.25. The predicted molar refractivity (Wildman–Crippen MR) is 77.8 cm³/mol. The van der Waals surface area contributed by atoms with Gasteiger partial charge in [0.1, 0.15) is 5.75 Å². The molecule has 0 aromatic heterocycles. The summed E-state index contributed by atoms with van der Waals surface area (Å²) in [6, 6.07) is 5.48. The molecule has 1 heterocycles. The van der Waals surface area contributed by atoms with Gasteiger partial charge in [0.15, 0.2) is 5.78 Å². The van der Waals surface area contributed by atoms with Crippen LogP contribution in [0.3, 0.4) is 0 Å². The van der Waals surface area contributed by atoms with E-state index in [1.807, 2.05) is 12.1 Å². The smallest absolute Gasteiger partial charge is 0.164 e. The molecule has 2 rings (SSSR count). The first kappa shape index (κ1) is 14.5. The van der Waals surface area contributed by atoms with Crippen LogP contribution >= 0.6 is 15.9 Å². The van der Waals surface area contributed by atoms with Gasteiger partial charge >= 0.3 is 0 Å². The first-order valence-electron chi connectivity index (χ1n) is 6.69. The normalized spacial score (nSPS) is 18.5. The molecule has 1 unspecified atom stereocenters. The Hall–Kier alpha value is -0.870. The maximum Gasteiger partial charge on any atom is 0.164 e. The maximum atomic E-state index is 12.2. The second-order valence-electron chi connectivity index (χ2n) is 4.80. The predicted octanol–water partition coefficient (Wildman–Crippen LogP) is 3.99. The van der Waals surface area contributed by atoms with Gasteiger partial charge in [-0.1, -0.05) is 15.9 Å². The van der Waals surface area contributed by atoms with Crippen molar-refractivity contribution in [3.05, 3.63) is 28.2 Å². The molecule has 0 bridgehead atoms. The van der Waals surface area contributed by atoms with Crippen LogP contribution in [0.25, 0.3) is 0 Å². The van der Waals surface area contributed by atoms with Crippen molar-refractivity contribution in [2.45, 2.75) is 38.2 Å². The molecule has 0 saturated carbocycles. The Balaban J connectivity index is 1.88. The zero-order chi connectivity index (χ0) is 13.7. The van der Waals surface area contributed by atoms with Crippen LogP contribution in [0.5, 0.6) is 5.75 Å². The van der Waals surface area contributed by atoms with Crippen LogP contribution in [0, 0.1) is 0 Å². The van der Waals surface area contributed by atoms with E-state index < -0.39 is 0 Å². The quantitative estimate of drug-likeness (QED) is 0.741. The monoisotopic (exact) mass is 326 g/mol. The van der Waals surface area contributed by atoms with Gasteiger partial charge in [-0.3, -0.25) is 4.79 Å². The van der Waals surface area contributed by atoms with Crippen molar-refractivity contribution in [2.75, 3.05) is 13.7 Å². The van der Waals surface area contributed by atoms with Gasteiger partial charge in [-0.05, 0) is 43.9 Å². The second kappa shape index (κ2) is 7.06. The summed E-state index contributed by atoms with van der Waals surface area (Å²) >= 11 is 3.42. The molecule has 1 aromatic rings. The molecule has 1 aliphatic rings. The van der Waals surface area contributed by atoms with Gasteiger partial charge in [-0.25, -0.2) is 0 Å². The molecule has 0 amide bonds. The number of ether oxygens (including phenoxy) is 2. The van der Waals surface area contributed by atoms with Gasteiger partial charge in [0, 0.05) is 23.1 Å². The van der Waals surface area contributed by atoms with E-state index in [9.17, 15) is 4.79 Å². The Morgan fingerprint density at radius 2 is 2.37 bits per heavy atom. The molecule has 1 aromatic carbocycles. The first-order valence-corrected chi connectivity index (χ1v) is 7.48. The van der Waals surface area contributed by atoms with E-state index in [1.54, 1.807) is 13.2 Å². The Kier molecular flexibility index (Phi) is 5.40. The summed E-state index contributed by atoms with van der Waals surface area (Å²) in [4.78, 5) is 12.2. The van der Waals surface area contributed by atoms with E-state index >= 15 is 0 Å². The number of methoxy groups -OCH3 is 1. The van der Waals surface area contributed by atoms with Crippen molar-refractivity contribution < 1.29 is 14.3 Å². The Morgan fingerprint density at radius 1 is 1.53 bits per heavy atom. The van der Waals surface area contributed by atoms with Crippen molar-refractivity contribution >= 4 is 21.7 Å². The molecule has 3 nitrogen and oxygen atoms in total. The van der Waals surface area contributed by atoms with E-state index in [4.69, 9.17) is 9.47 Å². The molecule has 4 heteroatoms. The zero-order valence-corrected chi connectivity index (χ0v) is 12.7. The van der Waals surface area contributed by atoms with Gasteiger partial charge in [-0.2, -0.15) is 0 Å². The zero-order valence-electron chi connectivity index (χ0n) is 11.2. The fourth-order valence-electron chi connectivity index (χ4n) is 2.34. The molecule has 0 aliphatic carbocycles. The molecule has 104 valence electrons. The lowest BCUT2D eigenvalue weighted by Crippen LogP contribution is -2.07. The van der Waals surface area contributed by atoms with Gasteiger partial charge in [0.25, 0.3) is 0 Å². The fraction of sp³-hybridized carbons (Fsp3) is 0.533. The SMILES string of the molecule is COc1ccc(Br)c(C(=O)CCCC2CCCO2)c1. The molecule has 1 aliphatic heterocycles. The minimum atomic E-state index is 0.156. The number of rotatable bonds is 6. The van der Waals surface area contributed by atoms with Gasteiger partial charge < -0.3 is 9.47 Å². The molecule has 0 spiro atoms. The molecule has 1 saturated heterocycles. The lowest BCUT2D eigenvalue weighted by molar-refractivity contribution is 0.0922. The van der Waals surface area contributed by atoms with Gasteiger partial charge in [-0.15, -0.1) is 0 Å². The highest BCUT2D eigenvalue weighted by Gasteiger charge is 2.16. The topological polar surface area (TPSA) is 35.5 Å². The lowest BCUT2D eigenvalue weighted by atomic mass is 10.0. The number of Topliss-reactive ketones (excluding diaryl/α,β-unsaturated/α-hetero) is 1. The summed E-state index contributed by atoms with van der Waals surface area (Å²) in [7, 11) is 1.61. The van der Waals surface area contributed by atoms with Crippen LogP contribution < -0.4 is 4.74 Å². The van der Waals surface area contributed by atoms with Crippen LogP contribution in [0.2, 0.25) is 0 Å². The Labute approximate surface area is 122 Å². The second-order valence-corrected chi connectivity index (χ2v) is 5.65. The minimum absolute atomic E-state index is 0.156. The summed E-state index contributed by atoms with van der Waals surface area (Å²) in [5.74, 6) is 0.870. The number of hydrogen-bond acceptors (Lipinski definition) is 3. The summed E-state index contributed by atoms with van der Waals surface area (Å²) in [5.41, 5.74) is 0.701. The van der Waals surface area contributed by atoms with E-state index in [0.29, 0.717) is 23.8 Å². The number of carbonyl (C=O) groups excluding carboxylic acids is 1. The van der Waals surface area contributed by atoms with E-state index in [-0.39, 0.29) is 5.78 Å². The Morgan fingerprint density at radius 3 is 3.05 bits per heavy atom. The van der Waals surface area contributed by atoms with E-state index in [1.165, 1.54) is 0 Å². The molecule has 0 N–H and O–H groups in total. The molecule has 19 heavy (non-hydrogen) atoms. The minimum Gasteiger partial charge on any atom is -0.497 e. The third kappa shape index (κ3) is 4.05. The van der Waals surface area contributed by atoms with Crippen molar-refractivity contribution in [3.63, 3.8) is 0 Å². The molecule has 1 atom stereocenters. The van der Waals surface area contributed by atoms with Crippen LogP contribution in [0.15, 0.2) is 22.7 Å². The van der Waals surface area contributed by atoms with Crippen molar-refractivity contribution in [1.29, 1.82) is 0 Å². The number of halogens is 1. The average Bonchev–Trinajstić information content (AvgIpc) is 2.92. The third-order valence-electron chi connectivity index (χ3n) is 3.43. The number of benzene rings is 1. The Bertz CT molecular complexity index is 439. The first-order chi connectivity index (χ1) is 9.20. The summed E-state index contributed by atoms with van der Waals surface area (Å²) < 4.78 is 11.5. The summed E-state index contributed by atoms with van der Waals surface area (Å²) in [6.45, 7) is 0.875. The molecule has 0 radical (unpaired) electrons. The highest BCUT2D eigenvalue weighted by atomic mass is 79.9. The highest BCUT2D eigenvalue weighted by molar-refractivity contribution is 9.10. The van der Waals surface area contributed by atoms with Crippen molar-refractivity contribution in [1.82, 2.24) is 0 Å². The average molecular weight is 327 g/mol. The van der Waals surface area contributed by atoms with Crippen molar-refractivity contribution in [3.8, 4) is 5.75 Å². The number of ketones is 1. The fourth-order valence-corrected chi connectivity index (χ4v) is 2.81. The third-order valence-corrected chi connectivity index (χ3v) is 4.12. The van der Waals surface area contributed by atoms with Crippen LogP contribution in [-0.2, 0) is 4.74 Å². The van der Waals surface area contributed by atoms with Crippen LogP contribution in [-0.4, -0.2) is 25.6 Å². The largest absolute Gasteiger partial charge is 0.497 e. The maximum absolute atomic E-state index is 12.2. The van der Waals surface area contributed by atoms with Crippen LogP contribution in [0.4, 0.5) is 0 Å². The molecular weight excluding hydrogens is 308 g/mol. The lowest BCUT2D eigenvalue weighted by Gasteiger charge is -2.09. The standard InChI is InChI=1S/C15H19BrO3/c1-18-12-7-8-14(16)13(10-12)15(17)6-2-4-11-5-3-9-19-11/h7-8,10-11H,2-6,9H2,1H3. The molecule has 1 fully saturated rings.